The molecule has 1 aromatic carbocycles. The van der Waals surface area contributed by atoms with Crippen molar-refractivity contribution in [3.8, 4) is 11.8 Å². The Morgan fingerprint density at radius 2 is 1.91 bits per heavy atom. The van der Waals surface area contributed by atoms with Gasteiger partial charge in [0.1, 0.15) is 11.3 Å². The van der Waals surface area contributed by atoms with Crippen LogP contribution in [0.2, 0.25) is 0 Å². The zero-order valence-electron chi connectivity index (χ0n) is 13.9. The van der Waals surface area contributed by atoms with Crippen LogP contribution in [-0.2, 0) is 20.7 Å². The molecule has 0 bridgehead atoms. The van der Waals surface area contributed by atoms with Gasteiger partial charge in [-0.15, -0.1) is 0 Å². The average Bonchev–Trinajstić information content (AvgIpc) is 2.53. The molecule has 0 aliphatic carbocycles. The minimum atomic E-state index is -0.987. The molecule has 1 amide bonds. The Labute approximate surface area is 136 Å². The second-order valence-corrected chi connectivity index (χ2v) is 5.70. The molecular weight excluding hydrogens is 296 g/mol. The van der Waals surface area contributed by atoms with E-state index in [0.717, 1.165) is 5.56 Å². The van der Waals surface area contributed by atoms with Gasteiger partial charge in [0.15, 0.2) is 6.61 Å². The minimum Gasteiger partial charge on any atom is -0.497 e. The molecule has 0 spiro atoms. The quantitative estimate of drug-likeness (QED) is 0.775. The van der Waals surface area contributed by atoms with E-state index in [9.17, 15) is 9.59 Å². The van der Waals surface area contributed by atoms with Crippen molar-refractivity contribution in [2.24, 2.45) is 5.92 Å². The lowest BCUT2D eigenvalue weighted by Crippen LogP contribution is -2.50. The number of nitriles is 1. The summed E-state index contributed by atoms with van der Waals surface area (Å²) in [5, 5.41) is 11.7. The average molecular weight is 318 g/mol. The molecule has 23 heavy (non-hydrogen) atoms. The smallest absolute Gasteiger partial charge is 0.310 e. The van der Waals surface area contributed by atoms with E-state index in [1.807, 2.05) is 13.8 Å². The van der Waals surface area contributed by atoms with E-state index in [1.54, 1.807) is 38.3 Å². The lowest BCUT2D eigenvalue weighted by Gasteiger charge is -2.27. The molecule has 0 saturated heterocycles. The van der Waals surface area contributed by atoms with Crippen LogP contribution in [0.1, 0.15) is 26.3 Å². The van der Waals surface area contributed by atoms with Crippen LogP contribution in [0.15, 0.2) is 24.3 Å². The van der Waals surface area contributed by atoms with Gasteiger partial charge in [-0.1, -0.05) is 26.0 Å². The lowest BCUT2D eigenvalue weighted by molar-refractivity contribution is -0.148. The lowest BCUT2D eigenvalue weighted by atomic mass is 9.90. The molecule has 0 heterocycles. The summed E-state index contributed by atoms with van der Waals surface area (Å²) in [6.45, 7) is 4.89. The van der Waals surface area contributed by atoms with Gasteiger partial charge in [0.25, 0.3) is 5.91 Å². The summed E-state index contributed by atoms with van der Waals surface area (Å²) in [6, 6.07) is 9.07. The molecule has 0 saturated carbocycles. The number of amides is 1. The van der Waals surface area contributed by atoms with Gasteiger partial charge < -0.3 is 14.8 Å². The monoisotopic (exact) mass is 318 g/mol. The van der Waals surface area contributed by atoms with Crippen molar-refractivity contribution in [1.82, 2.24) is 5.32 Å². The standard InChI is InChI=1S/C17H22N2O4/c1-12(2)17(3,11-18)19-15(20)10-23-16(21)9-13-5-7-14(22-4)8-6-13/h5-8,12H,9-10H2,1-4H3,(H,19,20)/t17-/m1/s1. The highest BCUT2D eigenvalue weighted by molar-refractivity contribution is 5.82. The number of hydrogen-bond donors (Lipinski definition) is 1. The van der Waals surface area contributed by atoms with Crippen molar-refractivity contribution in [2.75, 3.05) is 13.7 Å². The summed E-state index contributed by atoms with van der Waals surface area (Å²) in [5.41, 5.74) is -0.223. The van der Waals surface area contributed by atoms with E-state index in [4.69, 9.17) is 14.7 Å². The maximum absolute atomic E-state index is 11.8. The first-order valence-corrected chi connectivity index (χ1v) is 7.31. The maximum Gasteiger partial charge on any atom is 0.310 e. The fraction of sp³-hybridized carbons (Fsp3) is 0.471. The second-order valence-electron chi connectivity index (χ2n) is 5.70. The van der Waals surface area contributed by atoms with Gasteiger partial charge in [-0.3, -0.25) is 9.59 Å². The number of esters is 1. The van der Waals surface area contributed by atoms with Crippen molar-refractivity contribution in [1.29, 1.82) is 5.26 Å². The number of carbonyl (C=O) groups excluding carboxylic acids is 2. The molecule has 1 N–H and O–H groups in total. The Morgan fingerprint density at radius 3 is 2.39 bits per heavy atom. The third kappa shape index (κ3) is 5.62. The summed E-state index contributed by atoms with van der Waals surface area (Å²) in [6.07, 6.45) is 0.0664. The van der Waals surface area contributed by atoms with Crippen LogP contribution in [0.3, 0.4) is 0 Å². The van der Waals surface area contributed by atoms with E-state index in [1.165, 1.54) is 0 Å². The minimum absolute atomic E-state index is 0.0635. The fourth-order valence-electron chi connectivity index (χ4n) is 1.73. The topological polar surface area (TPSA) is 88.4 Å². The van der Waals surface area contributed by atoms with Gasteiger partial charge >= 0.3 is 5.97 Å². The molecule has 0 unspecified atom stereocenters. The summed E-state index contributed by atoms with van der Waals surface area (Å²) in [5.74, 6) is -0.364. The van der Waals surface area contributed by atoms with E-state index in [2.05, 4.69) is 11.4 Å². The van der Waals surface area contributed by atoms with Crippen LogP contribution < -0.4 is 10.1 Å². The van der Waals surface area contributed by atoms with Crippen molar-refractivity contribution in [2.45, 2.75) is 32.7 Å². The van der Waals surface area contributed by atoms with E-state index in [-0.39, 0.29) is 12.3 Å². The highest BCUT2D eigenvalue weighted by Crippen LogP contribution is 2.15. The number of rotatable bonds is 7. The third-order valence-corrected chi connectivity index (χ3v) is 3.66. The zero-order chi connectivity index (χ0) is 17.5. The first-order valence-electron chi connectivity index (χ1n) is 7.31. The van der Waals surface area contributed by atoms with Gasteiger partial charge in [-0.25, -0.2) is 0 Å². The molecule has 0 aliphatic rings. The summed E-state index contributed by atoms with van der Waals surface area (Å²) < 4.78 is 9.98. The molecule has 6 heteroatoms. The number of nitrogens with one attached hydrogen (secondary N) is 1. The Balaban J connectivity index is 2.46. The number of methoxy groups -OCH3 is 1. The molecule has 124 valence electrons. The van der Waals surface area contributed by atoms with Crippen LogP contribution in [0.5, 0.6) is 5.75 Å². The summed E-state index contributed by atoms with van der Waals surface area (Å²) in [7, 11) is 1.56. The van der Waals surface area contributed by atoms with Crippen LogP contribution in [0.4, 0.5) is 0 Å². The van der Waals surface area contributed by atoms with Crippen molar-refractivity contribution in [3.05, 3.63) is 29.8 Å². The van der Waals surface area contributed by atoms with E-state index >= 15 is 0 Å². The number of ether oxygens (including phenoxy) is 2. The molecule has 0 aromatic heterocycles. The van der Waals surface area contributed by atoms with Gasteiger partial charge in [0, 0.05) is 0 Å². The molecule has 1 atom stereocenters. The van der Waals surface area contributed by atoms with Gasteiger partial charge in [0.05, 0.1) is 19.6 Å². The summed E-state index contributed by atoms with van der Waals surface area (Å²) >= 11 is 0. The Kier molecular flexibility index (Phi) is 6.58. The van der Waals surface area contributed by atoms with Crippen molar-refractivity contribution >= 4 is 11.9 Å². The number of carbonyl (C=O) groups is 2. The predicted octanol–water partition coefficient (Wildman–Crippen LogP) is 1.84. The molecular formula is C17H22N2O4. The fourth-order valence-corrected chi connectivity index (χ4v) is 1.73. The van der Waals surface area contributed by atoms with Crippen LogP contribution in [0.25, 0.3) is 0 Å². The van der Waals surface area contributed by atoms with Gasteiger partial charge in [-0.05, 0) is 30.5 Å². The maximum atomic E-state index is 11.8. The van der Waals surface area contributed by atoms with Crippen LogP contribution >= 0.6 is 0 Å². The first kappa shape index (κ1) is 18.5. The van der Waals surface area contributed by atoms with Gasteiger partial charge in [-0.2, -0.15) is 5.26 Å². The SMILES string of the molecule is COc1ccc(CC(=O)OCC(=O)N[C@](C)(C#N)C(C)C)cc1. The van der Waals surface area contributed by atoms with Crippen molar-refractivity contribution in [3.63, 3.8) is 0 Å². The molecule has 6 nitrogen and oxygen atoms in total. The Bertz CT molecular complexity index is 590. The molecule has 0 radical (unpaired) electrons. The zero-order valence-corrected chi connectivity index (χ0v) is 13.9. The van der Waals surface area contributed by atoms with E-state index < -0.39 is 24.0 Å². The number of nitrogens with zero attached hydrogens (tertiary/aromatic N) is 1. The molecule has 1 aromatic rings. The van der Waals surface area contributed by atoms with Crippen LogP contribution in [-0.4, -0.2) is 31.1 Å². The summed E-state index contributed by atoms with van der Waals surface area (Å²) in [4.78, 5) is 23.5. The highest BCUT2D eigenvalue weighted by Gasteiger charge is 2.30. The van der Waals surface area contributed by atoms with Gasteiger partial charge in [0.2, 0.25) is 0 Å². The van der Waals surface area contributed by atoms with Crippen molar-refractivity contribution < 1.29 is 19.1 Å². The number of hydrogen-bond acceptors (Lipinski definition) is 5. The molecule has 0 fully saturated rings. The Hall–Kier alpha value is -2.55. The predicted molar refractivity (Wildman–Crippen MR) is 84.7 cm³/mol. The number of benzene rings is 1. The Morgan fingerprint density at radius 1 is 1.30 bits per heavy atom. The second kappa shape index (κ2) is 8.18. The van der Waals surface area contributed by atoms with E-state index in [0.29, 0.717) is 5.75 Å². The normalized spacial score (nSPS) is 12.9. The molecule has 1 rings (SSSR count). The first-order chi connectivity index (χ1) is 10.8. The largest absolute Gasteiger partial charge is 0.497 e. The van der Waals surface area contributed by atoms with Crippen LogP contribution in [0, 0.1) is 17.2 Å². The third-order valence-electron chi connectivity index (χ3n) is 3.66. The highest BCUT2D eigenvalue weighted by atomic mass is 16.5. The molecule has 0 aliphatic heterocycles.